The van der Waals surface area contributed by atoms with E-state index < -0.39 is 12.1 Å². The van der Waals surface area contributed by atoms with Crippen molar-refractivity contribution in [3.05, 3.63) is 11.1 Å². The number of amides is 1. The number of aliphatic carboxylic acids is 1. The van der Waals surface area contributed by atoms with Crippen LogP contribution < -0.4 is 16.0 Å². The van der Waals surface area contributed by atoms with E-state index in [0.29, 0.717) is 51.3 Å². The van der Waals surface area contributed by atoms with Crippen molar-refractivity contribution in [1.82, 2.24) is 25.8 Å². The van der Waals surface area contributed by atoms with Gasteiger partial charge in [0.15, 0.2) is 0 Å². The second-order valence-corrected chi connectivity index (χ2v) is 16.3. The lowest BCUT2D eigenvalue weighted by molar-refractivity contribution is -0.132. The van der Waals surface area contributed by atoms with Gasteiger partial charge < -0.3 is 36.4 Å². The molecule has 0 aromatic rings. The van der Waals surface area contributed by atoms with Crippen LogP contribution in [0.5, 0.6) is 0 Å². The Morgan fingerprint density at radius 3 is 1.46 bits per heavy atom. The first-order valence-corrected chi connectivity index (χ1v) is 23.2. The number of rotatable bonds is 42. The van der Waals surface area contributed by atoms with E-state index in [0.717, 1.165) is 64.8 Å². The van der Waals surface area contributed by atoms with Crippen LogP contribution in [0.4, 0.5) is 0 Å². The summed E-state index contributed by atoms with van der Waals surface area (Å²) in [6, 6.07) is 0. The van der Waals surface area contributed by atoms with Gasteiger partial charge in [-0.05, 0) is 44.6 Å². The Kier molecular flexibility index (Phi) is 37.8. The maximum absolute atomic E-state index is 12.2. The Balaban J connectivity index is 5.21. The van der Waals surface area contributed by atoms with Crippen molar-refractivity contribution in [2.45, 2.75) is 194 Å². The molecule has 332 valence electrons. The van der Waals surface area contributed by atoms with E-state index in [1.807, 2.05) is 20.8 Å². The first kappa shape index (κ1) is 54.4. The van der Waals surface area contributed by atoms with E-state index in [9.17, 15) is 30.0 Å². The summed E-state index contributed by atoms with van der Waals surface area (Å²) in [5, 5.41) is 51.6. The molecule has 56 heavy (non-hydrogen) atoms. The Morgan fingerprint density at radius 1 is 0.554 bits per heavy atom. The quantitative estimate of drug-likeness (QED) is 0.0253. The summed E-state index contributed by atoms with van der Waals surface area (Å²) in [4.78, 5) is 28.9. The van der Waals surface area contributed by atoms with E-state index in [2.05, 4.69) is 39.6 Å². The van der Waals surface area contributed by atoms with Crippen molar-refractivity contribution in [3.8, 4) is 0 Å². The fourth-order valence-electron chi connectivity index (χ4n) is 7.05. The van der Waals surface area contributed by atoms with Gasteiger partial charge in [-0.1, -0.05) is 130 Å². The van der Waals surface area contributed by atoms with Crippen LogP contribution in [0.25, 0.3) is 0 Å². The number of carbonyl (C=O) groups excluding carboxylic acids is 1. The molecule has 0 aromatic carbocycles. The van der Waals surface area contributed by atoms with Gasteiger partial charge in [0.2, 0.25) is 5.91 Å². The SMILES string of the molecule is CCCCCCCCCCC(O)CNCCN(CCNCC(O)CCCCCCCCCC)CCN(C/C(C)=C(/CCC(=O)NCCC)C(=O)O)CC(O)CC. The van der Waals surface area contributed by atoms with Crippen LogP contribution in [0.3, 0.4) is 0 Å². The second kappa shape index (κ2) is 38.9. The lowest BCUT2D eigenvalue weighted by Gasteiger charge is -2.30. The van der Waals surface area contributed by atoms with Crippen LogP contribution in [0.15, 0.2) is 11.1 Å². The number of nitrogens with one attached hydrogen (secondary N) is 3. The highest BCUT2D eigenvalue weighted by Gasteiger charge is 2.19. The summed E-state index contributed by atoms with van der Waals surface area (Å²) in [6.45, 7) is 17.2. The summed E-state index contributed by atoms with van der Waals surface area (Å²) < 4.78 is 0. The highest BCUT2D eigenvalue weighted by molar-refractivity contribution is 5.88. The molecule has 7 N–H and O–H groups in total. The predicted octanol–water partition coefficient (Wildman–Crippen LogP) is 7.03. The van der Waals surface area contributed by atoms with Crippen LogP contribution in [-0.2, 0) is 9.59 Å². The molecule has 0 radical (unpaired) electrons. The van der Waals surface area contributed by atoms with Crippen molar-refractivity contribution in [2.75, 3.05) is 72.0 Å². The smallest absolute Gasteiger partial charge is 0.331 e. The maximum atomic E-state index is 12.2. The molecular formula is C45H91N5O6. The number of carboxylic acid groups (broad SMARTS) is 1. The molecule has 0 rings (SSSR count). The van der Waals surface area contributed by atoms with E-state index >= 15 is 0 Å². The minimum Gasteiger partial charge on any atom is -0.478 e. The molecule has 11 heteroatoms. The third kappa shape index (κ3) is 33.4. The number of aliphatic hydroxyl groups is 3. The fraction of sp³-hybridized carbons (Fsp3) is 0.911. The average Bonchev–Trinajstić information content (AvgIpc) is 3.17. The van der Waals surface area contributed by atoms with E-state index in [-0.39, 0.29) is 36.5 Å². The van der Waals surface area contributed by atoms with Gasteiger partial charge in [-0.3, -0.25) is 14.6 Å². The molecule has 0 spiro atoms. The molecule has 0 bridgehead atoms. The van der Waals surface area contributed by atoms with Crippen LogP contribution in [0.1, 0.15) is 176 Å². The highest BCUT2D eigenvalue weighted by atomic mass is 16.4. The number of unbranched alkanes of at least 4 members (excludes halogenated alkanes) is 14. The number of hydrogen-bond acceptors (Lipinski definition) is 9. The summed E-state index contributed by atoms with van der Waals surface area (Å²) in [5.74, 6) is -1.15. The zero-order chi connectivity index (χ0) is 41.7. The van der Waals surface area contributed by atoms with Crippen LogP contribution in [0.2, 0.25) is 0 Å². The van der Waals surface area contributed by atoms with Crippen LogP contribution in [0, 0.1) is 0 Å². The van der Waals surface area contributed by atoms with Gasteiger partial charge in [-0.25, -0.2) is 4.79 Å². The van der Waals surface area contributed by atoms with Gasteiger partial charge in [0, 0.05) is 84.0 Å². The zero-order valence-electron chi connectivity index (χ0n) is 37.1. The zero-order valence-corrected chi connectivity index (χ0v) is 37.1. The summed E-state index contributed by atoms with van der Waals surface area (Å²) >= 11 is 0. The first-order chi connectivity index (χ1) is 27.1. The van der Waals surface area contributed by atoms with Gasteiger partial charge in [0.1, 0.15) is 0 Å². The lowest BCUT2D eigenvalue weighted by Crippen LogP contribution is -2.44. The molecule has 0 aliphatic carbocycles. The topological polar surface area (TPSA) is 158 Å². The molecule has 0 saturated carbocycles. The van der Waals surface area contributed by atoms with Crippen LogP contribution in [-0.4, -0.2) is 132 Å². The molecule has 0 aliphatic rings. The number of carboxylic acids is 1. The summed E-state index contributed by atoms with van der Waals surface area (Å²) in [5.41, 5.74) is 0.962. The minimum atomic E-state index is -1.00. The molecule has 0 saturated heterocycles. The highest BCUT2D eigenvalue weighted by Crippen LogP contribution is 2.15. The monoisotopic (exact) mass is 798 g/mol. The number of carbonyl (C=O) groups is 2. The molecule has 0 heterocycles. The van der Waals surface area contributed by atoms with Gasteiger partial charge in [-0.15, -0.1) is 0 Å². The maximum Gasteiger partial charge on any atom is 0.331 e. The average molecular weight is 798 g/mol. The predicted molar refractivity (Wildman–Crippen MR) is 234 cm³/mol. The molecular weight excluding hydrogens is 707 g/mol. The van der Waals surface area contributed by atoms with Crippen LogP contribution >= 0.6 is 0 Å². The normalized spacial score (nSPS) is 14.0. The standard InChI is InChI=1S/C45H91N5O6/c1-6-10-12-14-16-18-20-22-24-41(52)35-46-29-31-49(32-30-47-36-42(53)25-23-21-19-17-15-13-11-7-2)33-34-50(38-40(51)9-4)37-39(5)43(45(55)56)26-27-44(54)48-28-8-3/h40-42,46-47,51-53H,6-38H2,1-5H3,(H,48,54)(H,55,56)/b43-39-. The van der Waals surface area contributed by atoms with Crippen molar-refractivity contribution >= 4 is 11.9 Å². The van der Waals surface area contributed by atoms with Crippen molar-refractivity contribution in [2.24, 2.45) is 0 Å². The van der Waals surface area contributed by atoms with Gasteiger partial charge >= 0.3 is 5.97 Å². The Morgan fingerprint density at radius 2 is 1.02 bits per heavy atom. The fourth-order valence-corrected chi connectivity index (χ4v) is 7.05. The molecule has 0 aliphatic heterocycles. The first-order valence-electron chi connectivity index (χ1n) is 23.2. The third-order valence-electron chi connectivity index (χ3n) is 10.8. The second-order valence-electron chi connectivity index (χ2n) is 16.3. The molecule has 3 unspecified atom stereocenters. The Bertz CT molecular complexity index is 920. The number of hydrogen-bond donors (Lipinski definition) is 7. The van der Waals surface area contributed by atoms with Crippen molar-refractivity contribution in [1.29, 1.82) is 0 Å². The van der Waals surface area contributed by atoms with E-state index in [4.69, 9.17) is 0 Å². The van der Waals surface area contributed by atoms with Gasteiger partial charge in [-0.2, -0.15) is 0 Å². The molecule has 3 atom stereocenters. The van der Waals surface area contributed by atoms with Gasteiger partial charge in [0.25, 0.3) is 0 Å². The Hall–Kier alpha value is -1.60. The molecule has 1 amide bonds. The number of nitrogens with zero attached hydrogens (tertiary/aromatic N) is 2. The Labute approximate surface area is 344 Å². The molecule has 0 fully saturated rings. The number of aliphatic hydroxyl groups excluding tert-OH is 3. The largest absolute Gasteiger partial charge is 0.478 e. The third-order valence-corrected chi connectivity index (χ3v) is 10.8. The van der Waals surface area contributed by atoms with E-state index in [1.54, 1.807) is 0 Å². The van der Waals surface area contributed by atoms with Crippen molar-refractivity contribution < 1.29 is 30.0 Å². The summed E-state index contributed by atoms with van der Waals surface area (Å²) in [6.07, 6.45) is 22.2. The minimum absolute atomic E-state index is 0.131. The van der Waals surface area contributed by atoms with Gasteiger partial charge in [0.05, 0.1) is 18.3 Å². The molecule has 0 aromatic heterocycles. The summed E-state index contributed by atoms with van der Waals surface area (Å²) in [7, 11) is 0. The molecule has 11 nitrogen and oxygen atoms in total. The van der Waals surface area contributed by atoms with E-state index in [1.165, 1.54) is 89.9 Å². The lowest BCUT2D eigenvalue weighted by atomic mass is 10.0. The van der Waals surface area contributed by atoms with Crippen molar-refractivity contribution in [3.63, 3.8) is 0 Å².